The van der Waals surface area contributed by atoms with Crippen molar-refractivity contribution in [1.82, 2.24) is 10.2 Å². The van der Waals surface area contributed by atoms with E-state index in [1.807, 2.05) is 26.0 Å². The van der Waals surface area contributed by atoms with Crippen molar-refractivity contribution in [3.63, 3.8) is 0 Å². The number of hydrogen-bond acceptors (Lipinski definition) is 5. The summed E-state index contributed by atoms with van der Waals surface area (Å²) in [6.45, 7) is 3.80. The molecule has 8 heteroatoms. The Bertz CT molecular complexity index is 1030. The predicted molar refractivity (Wildman–Crippen MR) is 94.9 cm³/mol. The van der Waals surface area contributed by atoms with Gasteiger partial charge in [0.15, 0.2) is 0 Å². The summed E-state index contributed by atoms with van der Waals surface area (Å²) in [5, 5.41) is 7.93. The Balaban J connectivity index is 1.92. The van der Waals surface area contributed by atoms with Crippen LogP contribution >= 0.6 is 11.3 Å². The van der Waals surface area contributed by atoms with Gasteiger partial charge in [-0.1, -0.05) is 12.1 Å². The fourth-order valence-electron chi connectivity index (χ4n) is 2.15. The number of benzene rings is 1. The van der Waals surface area contributed by atoms with E-state index in [2.05, 4.69) is 14.9 Å². The maximum atomic E-state index is 12.6. The molecule has 6 nitrogen and oxygen atoms in total. The molecule has 0 saturated carbocycles. The third-order valence-corrected chi connectivity index (χ3v) is 6.47. The Morgan fingerprint density at radius 2 is 1.96 bits per heavy atom. The molecule has 0 bridgehead atoms. The second-order valence-corrected chi connectivity index (χ2v) is 8.13. The summed E-state index contributed by atoms with van der Waals surface area (Å²) in [7, 11) is -3.68. The van der Waals surface area contributed by atoms with E-state index in [0.29, 0.717) is 16.9 Å². The van der Waals surface area contributed by atoms with Gasteiger partial charge in [-0.05, 0) is 43.2 Å². The van der Waals surface area contributed by atoms with E-state index in [9.17, 15) is 13.2 Å². The zero-order valence-electron chi connectivity index (χ0n) is 13.0. The van der Waals surface area contributed by atoms with E-state index in [1.54, 1.807) is 23.6 Å². The van der Waals surface area contributed by atoms with Gasteiger partial charge in [0.25, 0.3) is 15.6 Å². The summed E-state index contributed by atoms with van der Waals surface area (Å²) >= 11 is 1.10. The minimum absolute atomic E-state index is 0.186. The first-order chi connectivity index (χ1) is 11.4. The molecule has 24 heavy (non-hydrogen) atoms. The Morgan fingerprint density at radius 3 is 2.67 bits per heavy atom. The molecule has 1 aromatic carbocycles. The van der Waals surface area contributed by atoms with Crippen LogP contribution < -0.4 is 10.3 Å². The molecule has 0 fully saturated rings. The fourth-order valence-corrected chi connectivity index (χ4v) is 4.45. The molecule has 0 radical (unpaired) electrons. The quantitative estimate of drug-likeness (QED) is 0.747. The molecule has 0 aliphatic carbocycles. The molecule has 0 aliphatic rings. The number of sulfonamides is 1. The van der Waals surface area contributed by atoms with Crippen LogP contribution in [0.2, 0.25) is 0 Å². The lowest BCUT2D eigenvalue weighted by atomic mass is 10.1. The maximum Gasteiger partial charge on any atom is 0.271 e. The summed E-state index contributed by atoms with van der Waals surface area (Å²) in [6, 6.07) is 9.91. The Kier molecular flexibility index (Phi) is 4.25. The highest BCUT2D eigenvalue weighted by Crippen LogP contribution is 2.29. The van der Waals surface area contributed by atoms with E-state index in [0.717, 1.165) is 22.5 Å². The maximum absolute atomic E-state index is 12.6. The van der Waals surface area contributed by atoms with Gasteiger partial charge in [-0.3, -0.25) is 9.52 Å². The summed E-state index contributed by atoms with van der Waals surface area (Å²) in [5.41, 5.74) is 3.31. The van der Waals surface area contributed by atoms with Crippen LogP contribution in [0.3, 0.4) is 0 Å². The van der Waals surface area contributed by atoms with Crippen molar-refractivity contribution in [2.75, 3.05) is 4.72 Å². The van der Waals surface area contributed by atoms with Crippen LogP contribution in [0.25, 0.3) is 11.3 Å². The van der Waals surface area contributed by atoms with E-state index in [4.69, 9.17) is 0 Å². The van der Waals surface area contributed by atoms with Crippen molar-refractivity contribution < 1.29 is 8.42 Å². The van der Waals surface area contributed by atoms with Gasteiger partial charge in [-0.25, -0.2) is 13.5 Å². The van der Waals surface area contributed by atoms with Gasteiger partial charge < -0.3 is 0 Å². The average molecular weight is 361 g/mol. The zero-order chi connectivity index (χ0) is 17.3. The number of aromatic amines is 1. The molecule has 0 aliphatic heterocycles. The minimum atomic E-state index is -3.68. The highest BCUT2D eigenvalue weighted by Gasteiger charge is 2.19. The minimum Gasteiger partial charge on any atom is -0.279 e. The second-order valence-electron chi connectivity index (χ2n) is 5.31. The summed E-state index contributed by atoms with van der Waals surface area (Å²) in [6.07, 6.45) is 0. The largest absolute Gasteiger partial charge is 0.279 e. The highest BCUT2D eigenvalue weighted by molar-refractivity contribution is 7.94. The Morgan fingerprint density at radius 1 is 1.17 bits per heavy atom. The van der Waals surface area contributed by atoms with Crippen LogP contribution in [-0.4, -0.2) is 18.6 Å². The third-order valence-electron chi connectivity index (χ3n) is 3.66. The zero-order valence-corrected chi connectivity index (χ0v) is 14.7. The first-order valence-corrected chi connectivity index (χ1v) is 9.47. The van der Waals surface area contributed by atoms with Crippen LogP contribution in [0.5, 0.6) is 0 Å². The van der Waals surface area contributed by atoms with Crippen molar-refractivity contribution in [3.8, 4) is 11.3 Å². The summed E-state index contributed by atoms with van der Waals surface area (Å²) in [5.74, 6) is 0. The van der Waals surface area contributed by atoms with Gasteiger partial charge in [0.1, 0.15) is 4.21 Å². The van der Waals surface area contributed by atoms with Gasteiger partial charge in [0.05, 0.1) is 11.4 Å². The van der Waals surface area contributed by atoms with Crippen molar-refractivity contribution >= 4 is 27.0 Å². The monoisotopic (exact) mass is 361 g/mol. The van der Waals surface area contributed by atoms with Crippen LogP contribution in [0.4, 0.5) is 5.69 Å². The lowest BCUT2D eigenvalue weighted by Gasteiger charge is -2.10. The number of anilines is 1. The van der Waals surface area contributed by atoms with Gasteiger partial charge in [0.2, 0.25) is 0 Å². The molecule has 2 heterocycles. The van der Waals surface area contributed by atoms with Crippen LogP contribution in [0.15, 0.2) is 50.8 Å². The van der Waals surface area contributed by atoms with Crippen LogP contribution in [0.1, 0.15) is 11.1 Å². The molecule has 0 unspecified atom stereocenters. The van der Waals surface area contributed by atoms with Gasteiger partial charge in [-0.2, -0.15) is 5.10 Å². The van der Waals surface area contributed by atoms with E-state index in [-0.39, 0.29) is 9.77 Å². The Labute approximate surface area is 143 Å². The number of H-pyrrole nitrogens is 1. The van der Waals surface area contributed by atoms with Gasteiger partial charge in [0, 0.05) is 17.0 Å². The van der Waals surface area contributed by atoms with Crippen LogP contribution in [0, 0.1) is 13.8 Å². The van der Waals surface area contributed by atoms with E-state index >= 15 is 0 Å². The van der Waals surface area contributed by atoms with Crippen molar-refractivity contribution in [3.05, 3.63) is 63.3 Å². The second kappa shape index (κ2) is 6.21. The first kappa shape index (κ1) is 16.4. The first-order valence-electron chi connectivity index (χ1n) is 7.10. The summed E-state index contributed by atoms with van der Waals surface area (Å²) < 4.78 is 28.0. The van der Waals surface area contributed by atoms with E-state index < -0.39 is 10.0 Å². The normalized spacial score (nSPS) is 11.4. The molecule has 0 amide bonds. The molecule has 3 rings (SSSR count). The van der Waals surface area contributed by atoms with Crippen LogP contribution in [-0.2, 0) is 10.0 Å². The standard InChI is InChI=1S/C16H15N3O3S2/c1-10-4-3-5-13(11(10)2)19-24(21,22)16-8-12(9-23-16)14-6-7-15(20)18-17-14/h3-9,19H,1-2H3,(H,18,20). The molecular weight excluding hydrogens is 346 g/mol. The number of aryl methyl sites for hydroxylation is 1. The van der Waals surface area contributed by atoms with Gasteiger partial charge in [-0.15, -0.1) is 11.3 Å². The number of aromatic nitrogens is 2. The molecule has 124 valence electrons. The Hall–Kier alpha value is -2.45. The van der Waals surface area contributed by atoms with Crippen molar-refractivity contribution in [2.24, 2.45) is 0 Å². The molecule has 0 saturated heterocycles. The molecule has 2 aromatic heterocycles. The molecule has 0 spiro atoms. The molecular formula is C16H15N3O3S2. The smallest absolute Gasteiger partial charge is 0.271 e. The summed E-state index contributed by atoms with van der Waals surface area (Å²) in [4.78, 5) is 11.1. The fraction of sp³-hybridized carbons (Fsp3) is 0.125. The van der Waals surface area contributed by atoms with Gasteiger partial charge >= 0.3 is 0 Å². The molecule has 2 N–H and O–H groups in total. The number of thiophene rings is 1. The topological polar surface area (TPSA) is 91.9 Å². The predicted octanol–water partition coefficient (Wildman–Crippen LogP) is 2.92. The number of nitrogens with one attached hydrogen (secondary N) is 2. The average Bonchev–Trinajstić information content (AvgIpc) is 3.03. The lowest BCUT2D eigenvalue weighted by molar-refractivity contribution is 0.603. The lowest BCUT2D eigenvalue weighted by Crippen LogP contribution is -2.12. The highest BCUT2D eigenvalue weighted by atomic mass is 32.2. The number of rotatable bonds is 4. The number of hydrogen-bond donors (Lipinski definition) is 2. The molecule has 0 atom stereocenters. The number of nitrogens with zero attached hydrogens (tertiary/aromatic N) is 1. The third kappa shape index (κ3) is 3.24. The van der Waals surface area contributed by atoms with Crippen molar-refractivity contribution in [1.29, 1.82) is 0 Å². The molecule has 3 aromatic rings. The van der Waals surface area contributed by atoms with Crippen molar-refractivity contribution in [2.45, 2.75) is 18.1 Å². The SMILES string of the molecule is Cc1cccc(NS(=O)(=O)c2cc(-c3ccc(=O)[nH]n3)cs2)c1C. The van der Waals surface area contributed by atoms with E-state index in [1.165, 1.54) is 6.07 Å².